The van der Waals surface area contributed by atoms with E-state index in [0.717, 1.165) is 13.1 Å². The molecule has 2 aliphatic rings. The van der Waals surface area contributed by atoms with Crippen LogP contribution in [0.5, 0.6) is 0 Å². The van der Waals surface area contributed by atoms with Crippen molar-refractivity contribution in [2.24, 2.45) is 0 Å². The molecule has 2 aliphatic heterocycles. The number of rotatable bonds is 1. The van der Waals surface area contributed by atoms with Crippen LogP contribution in [0.2, 0.25) is 0 Å². The largest absolute Gasteiger partial charge is 0.336 e. The van der Waals surface area contributed by atoms with Crippen molar-refractivity contribution in [2.75, 3.05) is 19.6 Å². The molecule has 2 fully saturated rings. The number of piperazine rings is 1. The van der Waals surface area contributed by atoms with Gasteiger partial charge in [-0.2, -0.15) is 0 Å². The van der Waals surface area contributed by atoms with Crippen molar-refractivity contribution < 1.29 is 4.79 Å². The van der Waals surface area contributed by atoms with Crippen LogP contribution in [0, 0.1) is 0 Å². The van der Waals surface area contributed by atoms with Crippen molar-refractivity contribution in [1.29, 1.82) is 0 Å². The highest BCUT2D eigenvalue weighted by Gasteiger charge is 2.39. The third kappa shape index (κ3) is 2.84. The fraction of sp³-hybridized carbons (Fsp3) is 0.923. The summed E-state index contributed by atoms with van der Waals surface area (Å²) in [5, 5.41) is 0. The fourth-order valence-electron chi connectivity index (χ4n) is 2.98. The van der Waals surface area contributed by atoms with E-state index in [0.29, 0.717) is 12.1 Å². The Hall–Kier alpha value is -0.0900. The zero-order valence-electron chi connectivity index (χ0n) is 11.1. The molecule has 2 rings (SSSR count). The highest BCUT2D eigenvalue weighted by atomic mass is 79.9. The van der Waals surface area contributed by atoms with E-state index < -0.39 is 4.32 Å². The second kappa shape index (κ2) is 4.88. The number of carbonyl (C=O) groups is 1. The third-order valence-corrected chi connectivity index (χ3v) is 4.30. The molecule has 98 valence electrons. The minimum atomic E-state index is -0.432. The van der Waals surface area contributed by atoms with Gasteiger partial charge in [-0.1, -0.05) is 22.4 Å². The minimum absolute atomic E-state index is 0.232. The smallest absolute Gasteiger partial charge is 0.239 e. The van der Waals surface area contributed by atoms with E-state index >= 15 is 0 Å². The summed E-state index contributed by atoms with van der Waals surface area (Å²) < 4.78 is -0.432. The predicted octanol–water partition coefficient (Wildman–Crippen LogP) is 2.25. The van der Waals surface area contributed by atoms with Gasteiger partial charge in [0.25, 0.3) is 0 Å². The standard InChI is InChI=1S/C13H23BrN2O/c1-10-8-15-7-5-4-6-11(15)9-16(10)12(17)13(2,3)14/h10-11H,4-9H2,1-3H3. The molecule has 1 amide bonds. The Morgan fingerprint density at radius 1 is 1.29 bits per heavy atom. The van der Waals surface area contributed by atoms with E-state index in [1.54, 1.807) is 0 Å². The van der Waals surface area contributed by atoms with Gasteiger partial charge in [0.1, 0.15) is 0 Å². The lowest BCUT2D eigenvalue weighted by Gasteiger charge is -2.48. The van der Waals surface area contributed by atoms with Crippen molar-refractivity contribution in [3.63, 3.8) is 0 Å². The average molecular weight is 303 g/mol. The number of hydrogen-bond acceptors (Lipinski definition) is 2. The Labute approximate surface area is 113 Å². The lowest BCUT2D eigenvalue weighted by Crippen LogP contribution is -2.62. The Bertz CT molecular complexity index is 300. The number of nitrogens with zero attached hydrogens (tertiary/aromatic N) is 2. The molecule has 2 atom stereocenters. The normalized spacial score (nSPS) is 31.2. The van der Waals surface area contributed by atoms with Crippen molar-refractivity contribution in [3.8, 4) is 0 Å². The molecule has 0 aliphatic carbocycles. The zero-order chi connectivity index (χ0) is 12.6. The van der Waals surface area contributed by atoms with Gasteiger partial charge in [-0.05, 0) is 40.2 Å². The maximum Gasteiger partial charge on any atom is 0.239 e. The molecule has 0 aromatic rings. The average Bonchev–Trinajstić information content (AvgIpc) is 2.26. The lowest BCUT2D eigenvalue weighted by atomic mass is 9.96. The van der Waals surface area contributed by atoms with E-state index in [1.165, 1.54) is 25.8 Å². The molecule has 2 unspecified atom stereocenters. The molecule has 0 spiro atoms. The highest BCUT2D eigenvalue weighted by Crippen LogP contribution is 2.28. The van der Waals surface area contributed by atoms with E-state index in [9.17, 15) is 4.79 Å². The Kier molecular flexibility index (Phi) is 3.83. The van der Waals surface area contributed by atoms with Crippen molar-refractivity contribution >= 4 is 21.8 Å². The second-order valence-corrected chi connectivity index (χ2v) is 7.91. The van der Waals surface area contributed by atoms with Crippen LogP contribution in [-0.4, -0.2) is 51.7 Å². The van der Waals surface area contributed by atoms with Gasteiger partial charge in [-0.25, -0.2) is 0 Å². The SMILES string of the molecule is CC1CN2CCCCC2CN1C(=O)C(C)(C)Br. The van der Waals surface area contributed by atoms with Crippen LogP contribution in [0.3, 0.4) is 0 Å². The number of alkyl halides is 1. The summed E-state index contributed by atoms with van der Waals surface area (Å²) in [5.74, 6) is 0.232. The number of carbonyl (C=O) groups excluding carboxylic acids is 1. The van der Waals surface area contributed by atoms with E-state index in [-0.39, 0.29) is 5.91 Å². The van der Waals surface area contributed by atoms with Crippen molar-refractivity contribution in [3.05, 3.63) is 0 Å². The van der Waals surface area contributed by atoms with Gasteiger partial charge < -0.3 is 4.90 Å². The fourth-order valence-corrected chi connectivity index (χ4v) is 3.20. The Morgan fingerprint density at radius 2 is 2.00 bits per heavy atom. The first-order valence-corrected chi connectivity index (χ1v) is 7.43. The summed E-state index contributed by atoms with van der Waals surface area (Å²) in [6.45, 7) is 9.22. The molecular weight excluding hydrogens is 280 g/mol. The molecule has 2 heterocycles. The summed E-state index contributed by atoms with van der Waals surface area (Å²) in [5.41, 5.74) is 0. The van der Waals surface area contributed by atoms with Crippen LogP contribution >= 0.6 is 15.9 Å². The third-order valence-electron chi connectivity index (χ3n) is 3.96. The summed E-state index contributed by atoms with van der Waals surface area (Å²) in [6.07, 6.45) is 3.88. The van der Waals surface area contributed by atoms with E-state index in [4.69, 9.17) is 0 Å². The van der Waals surface area contributed by atoms with E-state index in [1.807, 2.05) is 13.8 Å². The van der Waals surface area contributed by atoms with Gasteiger partial charge >= 0.3 is 0 Å². The summed E-state index contributed by atoms with van der Waals surface area (Å²) in [7, 11) is 0. The maximum absolute atomic E-state index is 12.4. The molecule has 17 heavy (non-hydrogen) atoms. The van der Waals surface area contributed by atoms with Crippen molar-refractivity contribution in [2.45, 2.75) is 56.4 Å². The van der Waals surface area contributed by atoms with Gasteiger partial charge in [0.05, 0.1) is 4.32 Å². The maximum atomic E-state index is 12.4. The van der Waals surface area contributed by atoms with Crippen LogP contribution in [0.1, 0.15) is 40.0 Å². The van der Waals surface area contributed by atoms with E-state index in [2.05, 4.69) is 32.7 Å². The molecule has 2 saturated heterocycles. The van der Waals surface area contributed by atoms with Gasteiger partial charge in [0.15, 0.2) is 0 Å². The molecular formula is C13H23BrN2O. The number of fused-ring (bicyclic) bond motifs is 1. The lowest BCUT2D eigenvalue weighted by molar-refractivity contribution is -0.139. The van der Waals surface area contributed by atoms with Crippen LogP contribution in [0.15, 0.2) is 0 Å². The van der Waals surface area contributed by atoms with Crippen LogP contribution < -0.4 is 0 Å². The first kappa shape index (κ1) is 13.3. The van der Waals surface area contributed by atoms with Crippen LogP contribution in [0.25, 0.3) is 0 Å². The molecule has 0 N–H and O–H groups in total. The minimum Gasteiger partial charge on any atom is -0.336 e. The quantitative estimate of drug-likeness (QED) is 0.694. The summed E-state index contributed by atoms with van der Waals surface area (Å²) in [4.78, 5) is 17.0. The molecule has 0 bridgehead atoms. The predicted molar refractivity (Wildman–Crippen MR) is 73.4 cm³/mol. The molecule has 3 nitrogen and oxygen atoms in total. The monoisotopic (exact) mass is 302 g/mol. The summed E-state index contributed by atoms with van der Waals surface area (Å²) in [6, 6.07) is 0.937. The van der Waals surface area contributed by atoms with Crippen LogP contribution in [0.4, 0.5) is 0 Å². The van der Waals surface area contributed by atoms with Gasteiger partial charge in [0, 0.05) is 25.2 Å². The second-order valence-electron chi connectivity index (χ2n) is 5.92. The molecule has 0 saturated carbocycles. The molecule has 0 aromatic heterocycles. The Morgan fingerprint density at radius 3 is 2.65 bits per heavy atom. The number of amides is 1. The van der Waals surface area contributed by atoms with Gasteiger partial charge in [0.2, 0.25) is 5.91 Å². The van der Waals surface area contributed by atoms with Gasteiger partial charge in [-0.3, -0.25) is 9.69 Å². The molecule has 0 aromatic carbocycles. The van der Waals surface area contributed by atoms with Crippen LogP contribution in [-0.2, 0) is 4.79 Å². The molecule has 4 heteroatoms. The topological polar surface area (TPSA) is 23.6 Å². The number of piperidine rings is 1. The first-order valence-electron chi connectivity index (χ1n) is 6.63. The zero-order valence-corrected chi connectivity index (χ0v) is 12.7. The number of hydrogen-bond donors (Lipinski definition) is 0. The number of halogens is 1. The first-order chi connectivity index (χ1) is 7.89. The highest BCUT2D eigenvalue weighted by molar-refractivity contribution is 9.10. The molecule has 0 radical (unpaired) electrons. The summed E-state index contributed by atoms with van der Waals surface area (Å²) >= 11 is 3.49. The van der Waals surface area contributed by atoms with Gasteiger partial charge in [-0.15, -0.1) is 0 Å². The van der Waals surface area contributed by atoms with Crippen molar-refractivity contribution in [1.82, 2.24) is 9.80 Å². The Balaban J connectivity index is 2.07.